The molecular formula is C16H16N6O. The quantitative estimate of drug-likeness (QED) is 0.793. The van der Waals surface area contributed by atoms with Gasteiger partial charge in [0.15, 0.2) is 5.66 Å². The van der Waals surface area contributed by atoms with Crippen LogP contribution in [0.25, 0.3) is 5.69 Å². The van der Waals surface area contributed by atoms with Crippen LogP contribution in [-0.2, 0) is 0 Å². The lowest BCUT2D eigenvalue weighted by atomic mass is 10.0. The molecule has 0 fully saturated rings. The van der Waals surface area contributed by atoms with Crippen LogP contribution in [0.4, 0.5) is 0 Å². The third kappa shape index (κ3) is 3.61. The molecule has 116 valence electrons. The minimum absolute atomic E-state index is 0.230. The van der Waals surface area contributed by atoms with Crippen LogP contribution in [0, 0.1) is 12.3 Å². The highest BCUT2D eigenvalue weighted by molar-refractivity contribution is 5.92. The van der Waals surface area contributed by atoms with E-state index >= 15 is 0 Å². The van der Waals surface area contributed by atoms with Crippen molar-refractivity contribution < 1.29 is 4.79 Å². The fourth-order valence-electron chi connectivity index (χ4n) is 2.24. The fraction of sp³-hybridized carbons (Fsp3) is 0.312. The maximum Gasteiger partial charge on any atom is 0.269 e. The van der Waals surface area contributed by atoms with Crippen molar-refractivity contribution in [1.82, 2.24) is 20.1 Å². The Labute approximate surface area is 133 Å². The number of aromatic nitrogens is 3. The molecule has 1 amide bonds. The summed E-state index contributed by atoms with van der Waals surface area (Å²) < 4.78 is 1.68. The molecule has 0 bridgehead atoms. The van der Waals surface area contributed by atoms with Gasteiger partial charge in [0.05, 0.1) is 5.69 Å². The molecule has 0 atom stereocenters. The number of rotatable bonds is 7. The van der Waals surface area contributed by atoms with Gasteiger partial charge in [-0.1, -0.05) is 0 Å². The van der Waals surface area contributed by atoms with Crippen molar-refractivity contribution in [1.29, 1.82) is 0 Å². The van der Waals surface area contributed by atoms with E-state index in [0.717, 1.165) is 12.1 Å². The van der Waals surface area contributed by atoms with Crippen molar-refractivity contribution >= 4 is 5.91 Å². The molecule has 2 aromatic rings. The summed E-state index contributed by atoms with van der Waals surface area (Å²) in [6.45, 7) is 0.476. The minimum atomic E-state index is -0.385. The van der Waals surface area contributed by atoms with E-state index in [1.165, 1.54) is 0 Å². The number of nitrogens with one attached hydrogen (secondary N) is 1. The zero-order valence-electron chi connectivity index (χ0n) is 12.5. The smallest absolute Gasteiger partial charge is 0.269 e. The van der Waals surface area contributed by atoms with E-state index in [9.17, 15) is 4.79 Å². The number of hydrogen-bond donors (Lipinski definition) is 1. The van der Waals surface area contributed by atoms with Crippen molar-refractivity contribution in [3.05, 3.63) is 42.5 Å². The van der Waals surface area contributed by atoms with E-state index in [4.69, 9.17) is 6.42 Å². The molecule has 0 spiro atoms. The summed E-state index contributed by atoms with van der Waals surface area (Å²) >= 11 is 0. The average Bonchev–Trinajstić information content (AvgIpc) is 3.12. The Morgan fingerprint density at radius 1 is 1.35 bits per heavy atom. The lowest BCUT2D eigenvalue weighted by molar-refractivity contribution is 0.0947. The molecule has 7 heteroatoms. The maximum atomic E-state index is 12.2. The summed E-state index contributed by atoms with van der Waals surface area (Å²) in [7, 11) is 0. The van der Waals surface area contributed by atoms with Gasteiger partial charge < -0.3 is 5.32 Å². The van der Waals surface area contributed by atoms with E-state index < -0.39 is 0 Å². The lowest BCUT2D eigenvalue weighted by Gasteiger charge is -2.10. The van der Waals surface area contributed by atoms with Crippen LogP contribution < -0.4 is 5.32 Å². The minimum Gasteiger partial charge on any atom is -0.351 e. The number of hydrogen-bond acceptors (Lipinski definition) is 5. The SMILES string of the molecule is C#CCCC1(CCNC(=O)c2cc(-n3cccn3)ccn2)N=N1. The number of terminal acetylenes is 1. The van der Waals surface area contributed by atoms with Gasteiger partial charge in [0.2, 0.25) is 0 Å². The third-order valence-corrected chi connectivity index (χ3v) is 3.61. The molecule has 23 heavy (non-hydrogen) atoms. The summed E-state index contributed by atoms with van der Waals surface area (Å²) in [4.78, 5) is 16.3. The summed E-state index contributed by atoms with van der Waals surface area (Å²) in [5.74, 6) is 2.35. The van der Waals surface area contributed by atoms with Crippen molar-refractivity contribution in [2.45, 2.75) is 24.9 Å². The molecule has 0 aliphatic carbocycles. The molecule has 1 aliphatic heterocycles. The van der Waals surface area contributed by atoms with Gasteiger partial charge in [-0.3, -0.25) is 9.78 Å². The van der Waals surface area contributed by atoms with Crippen molar-refractivity contribution in [2.24, 2.45) is 10.2 Å². The van der Waals surface area contributed by atoms with Gasteiger partial charge in [-0.25, -0.2) is 4.68 Å². The predicted octanol–water partition coefficient (Wildman–Crippen LogP) is 1.96. The summed E-state index contributed by atoms with van der Waals surface area (Å²) in [5, 5.41) is 15.1. The molecule has 3 heterocycles. The zero-order valence-corrected chi connectivity index (χ0v) is 12.5. The van der Waals surface area contributed by atoms with E-state index in [0.29, 0.717) is 25.1 Å². The van der Waals surface area contributed by atoms with Crippen LogP contribution in [0.1, 0.15) is 29.8 Å². The second kappa shape index (κ2) is 6.40. The largest absolute Gasteiger partial charge is 0.351 e. The number of carbonyl (C=O) groups is 1. The Kier molecular flexibility index (Phi) is 4.15. The van der Waals surface area contributed by atoms with Gasteiger partial charge in [-0.2, -0.15) is 15.3 Å². The van der Waals surface area contributed by atoms with E-state index in [1.807, 2.05) is 12.3 Å². The van der Waals surface area contributed by atoms with Crippen LogP contribution in [0.3, 0.4) is 0 Å². The Morgan fingerprint density at radius 3 is 2.91 bits per heavy atom. The van der Waals surface area contributed by atoms with Gasteiger partial charge in [-0.05, 0) is 18.2 Å². The lowest BCUT2D eigenvalue weighted by Crippen LogP contribution is -2.29. The Balaban J connectivity index is 1.55. The Hall–Kier alpha value is -3.01. The van der Waals surface area contributed by atoms with Crippen molar-refractivity contribution in [3.8, 4) is 18.0 Å². The first-order valence-corrected chi connectivity index (χ1v) is 7.34. The number of carbonyl (C=O) groups excluding carboxylic acids is 1. The van der Waals surface area contributed by atoms with Gasteiger partial charge in [0.25, 0.3) is 5.91 Å². The molecule has 0 saturated heterocycles. The number of amides is 1. The van der Waals surface area contributed by atoms with Gasteiger partial charge in [-0.15, -0.1) is 12.3 Å². The number of nitrogens with zero attached hydrogens (tertiary/aromatic N) is 5. The second-order valence-corrected chi connectivity index (χ2v) is 5.24. The first kappa shape index (κ1) is 14.9. The Morgan fingerprint density at radius 2 is 2.22 bits per heavy atom. The first-order valence-electron chi connectivity index (χ1n) is 7.34. The van der Waals surface area contributed by atoms with Crippen molar-refractivity contribution in [3.63, 3.8) is 0 Å². The zero-order chi connectivity index (χ0) is 16.1. The average molecular weight is 308 g/mol. The molecular weight excluding hydrogens is 292 g/mol. The standard InChI is InChI=1S/C16H16N6O/c1-2-3-6-16(20-21-16)7-10-18-15(23)14-12-13(5-9-17-14)22-11-4-8-19-22/h1,4-5,8-9,11-12H,3,6-7,10H2,(H,18,23). The van der Waals surface area contributed by atoms with Crippen LogP contribution >= 0.6 is 0 Å². The fourth-order valence-corrected chi connectivity index (χ4v) is 2.24. The normalized spacial score (nSPS) is 14.2. The monoisotopic (exact) mass is 308 g/mol. The summed E-state index contributed by atoms with van der Waals surface area (Å²) in [6.07, 6.45) is 12.3. The van der Waals surface area contributed by atoms with Gasteiger partial charge >= 0.3 is 0 Å². The van der Waals surface area contributed by atoms with Gasteiger partial charge in [0, 0.05) is 44.4 Å². The number of pyridine rings is 1. The highest BCUT2D eigenvalue weighted by Crippen LogP contribution is 2.35. The van der Waals surface area contributed by atoms with Crippen LogP contribution in [-0.4, -0.2) is 32.9 Å². The van der Waals surface area contributed by atoms with E-state index in [2.05, 4.69) is 31.5 Å². The highest BCUT2D eigenvalue weighted by atomic mass is 16.1. The maximum absolute atomic E-state index is 12.2. The molecule has 0 saturated carbocycles. The van der Waals surface area contributed by atoms with Crippen LogP contribution in [0.2, 0.25) is 0 Å². The molecule has 0 unspecified atom stereocenters. The first-order chi connectivity index (χ1) is 11.2. The van der Waals surface area contributed by atoms with E-state index in [1.54, 1.807) is 29.2 Å². The molecule has 1 N–H and O–H groups in total. The molecule has 3 rings (SSSR count). The van der Waals surface area contributed by atoms with Crippen LogP contribution in [0.15, 0.2) is 47.0 Å². The molecule has 0 aromatic carbocycles. The Bertz CT molecular complexity index is 753. The second-order valence-electron chi connectivity index (χ2n) is 5.24. The molecule has 2 aromatic heterocycles. The topological polar surface area (TPSA) is 84.5 Å². The van der Waals surface area contributed by atoms with E-state index in [-0.39, 0.29) is 11.6 Å². The predicted molar refractivity (Wildman–Crippen MR) is 84.0 cm³/mol. The van der Waals surface area contributed by atoms with Gasteiger partial charge in [0.1, 0.15) is 5.69 Å². The summed E-state index contributed by atoms with van der Waals surface area (Å²) in [5.41, 5.74) is 0.748. The van der Waals surface area contributed by atoms with Crippen molar-refractivity contribution in [2.75, 3.05) is 6.54 Å². The third-order valence-electron chi connectivity index (χ3n) is 3.61. The van der Waals surface area contributed by atoms with Crippen LogP contribution in [0.5, 0.6) is 0 Å². The highest BCUT2D eigenvalue weighted by Gasteiger charge is 2.38. The molecule has 0 radical (unpaired) electrons. The molecule has 1 aliphatic rings. The molecule has 7 nitrogen and oxygen atoms in total. The summed E-state index contributed by atoms with van der Waals surface area (Å²) in [6, 6.07) is 5.31.